The summed E-state index contributed by atoms with van der Waals surface area (Å²) in [6, 6.07) is 5.81. The molecule has 1 aromatic rings. The first-order valence-corrected chi connectivity index (χ1v) is 5.19. The molecule has 1 aromatic carbocycles. The summed E-state index contributed by atoms with van der Waals surface area (Å²) >= 11 is 0. The Labute approximate surface area is 84.3 Å². The Morgan fingerprint density at radius 2 is 2.14 bits per heavy atom. The smallest absolute Gasteiger partial charge is 0.128 e. The second-order valence-corrected chi connectivity index (χ2v) is 4.23. The summed E-state index contributed by atoms with van der Waals surface area (Å²) in [4.78, 5) is 0. The van der Waals surface area contributed by atoms with E-state index in [9.17, 15) is 4.39 Å². The zero-order valence-corrected chi connectivity index (χ0v) is 8.68. The van der Waals surface area contributed by atoms with Crippen LogP contribution in [0.25, 0.3) is 0 Å². The van der Waals surface area contributed by atoms with Gasteiger partial charge in [0.1, 0.15) is 5.82 Å². The van der Waals surface area contributed by atoms with Crippen molar-refractivity contribution in [3.05, 3.63) is 29.6 Å². The van der Waals surface area contributed by atoms with Crippen LogP contribution in [0.1, 0.15) is 25.3 Å². The van der Waals surface area contributed by atoms with Crippen LogP contribution in [0.2, 0.25) is 0 Å². The molecule has 0 radical (unpaired) electrons. The molecule has 1 unspecified atom stereocenters. The van der Waals surface area contributed by atoms with Crippen molar-refractivity contribution in [2.24, 2.45) is 5.92 Å². The summed E-state index contributed by atoms with van der Waals surface area (Å²) in [7, 11) is 0. The van der Waals surface area contributed by atoms with Gasteiger partial charge in [-0.2, -0.15) is 0 Å². The van der Waals surface area contributed by atoms with Crippen LogP contribution in [0.3, 0.4) is 0 Å². The summed E-state index contributed by atoms with van der Waals surface area (Å²) in [6.45, 7) is 3.94. The molecule has 1 fully saturated rings. The van der Waals surface area contributed by atoms with Gasteiger partial charge in [0, 0.05) is 11.7 Å². The van der Waals surface area contributed by atoms with Gasteiger partial charge in [-0.3, -0.25) is 0 Å². The summed E-state index contributed by atoms with van der Waals surface area (Å²) in [6.07, 6.45) is 2.62. The molecule has 0 bridgehead atoms. The third-order valence-corrected chi connectivity index (χ3v) is 2.90. The monoisotopic (exact) mass is 193 g/mol. The van der Waals surface area contributed by atoms with Gasteiger partial charge >= 0.3 is 0 Å². The molecule has 1 saturated carbocycles. The third-order valence-electron chi connectivity index (χ3n) is 2.90. The molecular formula is C12H16FN. The number of aryl methyl sites for hydroxylation is 1. The quantitative estimate of drug-likeness (QED) is 0.776. The first-order valence-electron chi connectivity index (χ1n) is 5.19. The van der Waals surface area contributed by atoms with Gasteiger partial charge in [0.15, 0.2) is 0 Å². The van der Waals surface area contributed by atoms with Gasteiger partial charge in [-0.1, -0.05) is 6.07 Å². The van der Waals surface area contributed by atoms with Crippen molar-refractivity contribution in [2.75, 3.05) is 5.32 Å². The van der Waals surface area contributed by atoms with Gasteiger partial charge in [0.2, 0.25) is 0 Å². The highest BCUT2D eigenvalue weighted by Gasteiger charge is 2.27. The summed E-state index contributed by atoms with van der Waals surface area (Å²) in [5, 5.41) is 3.33. The van der Waals surface area contributed by atoms with Crippen LogP contribution < -0.4 is 5.32 Å². The maximum atomic E-state index is 13.2. The van der Waals surface area contributed by atoms with Crippen LogP contribution in [0.15, 0.2) is 18.2 Å². The minimum Gasteiger partial charge on any atom is -0.382 e. The molecule has 1 N–H and O–H groups in total. The van der Waals surface area contributed by atoms with Crippen LogP contribution in [0.4, 0.5) is 10.1 Å². The van der Waals surface area contributed by atoms with Crippen molar-refractivity contribution in [3.63, 3.8) is 0 Å². The third kappa shape index (κ3) is 2.06. The molecule has 1 aliphatic rings. The standard InChI is InChI=1S/C12H16FN/c1-8-3-6-11(7-12(8)13)14-9(2)10-4-5-10/h3,6-7,9-10,14H,4-5H2,1-2H3. The summed E-state index contributed by atoms with van der Waals surface area (Å²) in [5.74, 6) is 0.664. The molecule has 0 heterocycles. The molecule has 1 nitrogen and oxygen atoms in total. The second-order valence-electron chi connectivity index (χ2n) is 4.23. The van der Waals surface area contributed by atoms with E-state index in [1.54, 1.807) is 13.0 Å². The predicted octanol–water partition coefficient (Wildman–Crippen LogP) is 3.34. The van der Waals surface area contributed by atoms with Gasteiger partial charge in [-0.05, 0) is 50.3 Å². The molecule has 0 spiro atoms. The zero-order valence-electron chi connectivity index (χ0n) is 8.68. The summed E-state index contributed by atoms with van der Waals surface area (Å²) < 4.78 is 13.2. The van der Waals surface area contributed by atoms with Crippen LogP contribution in [0, 0.1) is 18.7 Å². The van der Waals surface area contributed by atoms with E-state index in [0.717, 1.165) is 11.6 Å². The number of benzene rings is 1. The van der Waals surface area contributed by atoms with E-state index < -0.39 is 0 Å². The predicted molar refractivity (Wildman–Crippen MR) is 56.9 cm³/mol. The van der Waals surface area contributed by atoms with Crippen molar-refractivity contribution in [2.45, 2.75) is 32.7 Å². The molecule has 1 atom stereocenters. The first-order chi connectivity index (χ1) is 6.66. The number of nitrogens with one attached hydrogen (secondary N) is 1. The van der Waals surface area contributed by atoms with Gasteiger partial charge in [0.25, 0.3) is 0 Å². The zero-order chi connectivity index (χ0) is 10.1. The van der Waals surface area contributed by atoms with Crippen molar-refractivity contribution < 1.29 is 4.39 Å². The first kappa shape index (κ1) is 9.50. The minimum atomic E-state index is -0.127. The maximum Gasteiger partial charge on any atom is 0.128 e. The van der Waals surface area contributed by atoms with Crippen molar-refractivity contribution in [1.82, 2.24) is 0 Å². The molecule has 0 aliphatic heterocycles. The maximum absolute atomic E-state index is 13.2. The molecule has 0 saturated heterocycles. The average Bonchev–Trinajstić information content (AvgIpc) is 2.94. The fourth-order valence-corrected chi connectivity index (χ4v) is 1.66. The Hall–Kier alpha value is -1.05. The van der Waals surface area contributed by atoms with Crippen molar-refractivity contribution in [3.8, 4) is 0 Å². The number of hydrogen-bond acceptors (Lipinski definition) is 1. The second kappa shape index (κ2) is 3.60. The topological polar surface area (TPSA) is 12.0 Å². The van der Waals surface area contributed by atoms with E-state index in [0.29, 0.717) is 11.6 Å². The molecule has 0 amide bonds. The highest BCUT2D eigenvalue weighted by Crippen LogP contribution is 2.34. The van der Waals surface area contributed by atoms with Crippen LogP contribution >= 0.6 is 0 Å². The fourth-order valence-electron chi connectivity index (χ4n) is 1.66. The van der Waals surface area contributed by atoms with Crippen molar-refractivity contribution >= 4 is 5.69 Å². The van der Waals surface area contributed by atoms with Gasteiger partial charge in [0.05, 0.1) is 0 Å². The molecule has 0 aromatic heterocycles. The van der Waals surface area contributed by atoms with E-state index in [2.05, 4.69) is 12.2 Å². The lowest BCUT2D eigenvalue weighted by atomic mass is 10.1. The Morgan fingerprint density at radius 1 is 1.43 bits per heavy atom. The van der Waals surface area contributed by atoms with Gasteiger partial charge in [-0.25, -0.2) is 4.39 Å². The number of anilines is 1. The highest BCUT2D eigenvalue weighted by atomic mass is 19.1. The number of halogens is 1. The minimum absolute atomic E-state index is 0.127. The SMILES string of the molecule is Cc1ccc(NC(C)C2CC2)cc1F. The van der Waals surface area contributed by atoms with Gasteiger partial charge < -0.3 is 5.32 Å². The Morgan fingerprint density at radius 3 is 2.71 bits per heavy atom. The van der Waals surface area contributed by atoms with E-state index >= 15 is 0 Å². The van der Waals surface area contributed by atoms with Crippen LogP contribution in [-0.2, 0) is 0 Å². The van der Waals surface area contributed by atoms with Crippen molar-refractivity contribution in [1.29, 1.82) is 0 Å². The van der Waals surface area contributed by atoms with Crippen LogP contribution in [-0.4, -0.2) is 6.04 Å². The lowest BCUT2D eigenvalue weighted by Crippen LogP contribution is -2.17. The summed E-state index contributed by atoms with van der Waals surface area (Å²) in [5.41, 5.74) is 1.60. The largest absolute Gasteiger partial charge is 0.382 e. The van der Waals surface area contributed by atoms with Crippen LogP contribution in [0.5, 0.6) is 0 Å². The molecule has 1 aliphatic carbocycles. The van der Waals surface area contributed by atoms with E-state index in [1.807, 2.05) is 12.1 Å². The van der Waals surface area contributed by atoms with E-state index in [-0.39, 0.29) is 5.82 Å². The van der Waals surface area contributed by atoms with E-state index in [1.165, 1.54) is 12.8 Å². The molecule has 14 heavy (non-hydrogen) atoms. The Balaban J connectivity index is 2.04. The molecular weight excluding hydrogens is 177 g/mol. The Bertz CT molecular complexity index is 331. The number of rotatable bonds is 3. The lowest BCUT2D eigenvalue weighted by Gasteiger charge is -2.14. The highest BCUT2D eigenvalue weighted by molar-refractivity contribution is 5.46. The average molecular weight is 193 g/mol. The lowest BCUT2D eigenvalue weighted by molar-refractivity contribution is 0.617. The van der Waals surface area contributed by atoms with Gasteiger partial charge in [-0.15, -0.1) is 0 Å². The molecule has 2 rings (SSSR count). The fraction of sp³-hybridized carbons (Fsp3) is 0.500. The molecule has 2 heteroatoms. The normalized spacial score (nSPS) is 17.9. The molecule has 76 valence electrons. The number of hydrogen-bond donors (Lipinski definition) is 1. The van der Waals surface area contributed by atoms with E-state index in [4.69, 9.17) is 0 Å². The Kier molecular flexibility index (Phi) is 2.44.